The zero-order chi connectivity index (χ0) is 16.6. The molecule has 122 valence electrons. The Hall–Kier alpha value is -1.54. The van der Waals surface area contributed by atoms with Gasteiger partial charge in [-0.3, -0.25) is 4.18 Å². The second-order valence-corrected chi connectivity index (χ2v) is 8.52. The van der Waals surface area contributed by atoms with E-state index in [1.54, 1.807) is 19.1 Å². The van der Waals surface area contributed by atoms with Crippen molar-refractivity contribution in [1.82, 2.24) is 3.71 Å². The van der Waals surface area contributed by atoms with Gasteiger partial charge >= 0.3 is 0 Å². The van der Waals surface area contributed by atoms with Crippen LogP contribution in [0.15, 0.2) is 59.5 Å². The molecule has 0 saturated carbocycles. The molecule has 0 spiro atoms. The van der Waals surface area contributed by atoms with Crippen molar-refractivity contribution < 1.29 is 16.8 Å². The van der Waals surface area contributed by atoms with E-state index in [2.05, 4.69) is 0 Å². The molecule has 2 aromatic rings. The second-order valence-electron chi connectivity index (χ2n) is 5.46. The molecule has 1 aliphatic rings. The first kappa shape index (κ1) is 16.3. The van der Waals surface area contributed by atoms with Crippen LogP contribution >= 0.6 is 0 Å². The lowest BCUT2D eigenvalue weighted by atomic mass is 10.0. The highest BCUT2D eigenvalue weighted by Crippen LogP contribution is 2.37. The van der Waals surface area contributed by atoms with Crippen LogP contribution in [0.1, 0.15) is 24.2 Å². The number of aryl methyl sites for hydroxylation is 1. The minimum absolute atomic E-state index is 0.112. The van der Waals surface area contributed by atoms with Crippen LogP contribution in [0.2, 0.25) is 0 Å². The molecular weight excluding hydrogens is 334 g/mol. The van der Waals surface area contributed by atoms with E-state index < -0.39 is 33.4 Å². The van der Waals surface area contributed by atoms with Crippen molar-refractivity contribution in [2.24, 2.45) is 0 Å². The average Bonchev–Trinajstić information content (AvgIpc) is 2.84. The smallest absolute Gasteiger partial charge is 0.256 e. The number of benzene rings is 2. The molecule has 5 nitrogen and oxygen atoms in total. The first-order valence-electron chi connectivity index (χ1n) is 7.16. The van der Waals surface area contributed by atoms with Gasteiger partial charge in [0.05, 0.1) is 10.9 Å². The van der Waals surface area contributed by atoms with E-state index in [4.69, 9.17) is 4.18 Å². The van der Waals surface area contributed by atoms with Crippen LogP contribution in [0.4, 0.5) is 0 Å². The summed E-state index contributed by atoms with van der Waals surface area (Å²) in [6, 6.07) is 15.1. The Balaban J connectivity index is 1.96. The van der Waals surface area contributed by atoms with Gasteiger partial charge in [0.15, 0.2) is 0 Å². The highest BCUT2D eigenvalue weighted by molar-refractivity contribution is 7.99. The van der Waals surface area contributed by atoms with Gasteiger partial charge in [0.1, 0.15) is 6.10 Å². The lowest BCUT2D eigenvalue weighted by Crippen LogP contribution is -2.35. The van der Waals surface area contributed by atoms with Gasteiger partial charge in [-0.15, -0.1) is 0 Å². The van der Waals surface area contributed by atoms with E-state index in [-0.39, 0.29) is 4.90 Å². The topological polar surface area (TPSA) is 63.7 Å². The summed E-state index contributed by atoms with van der Waals surface area (Å²) >= 11 is -2.05. The minimum Gasteiger partial charge on any atom is -0.267 e. The number of sulfonamides is 1. The summed E-state index contributed by atoms with van der Waals surface area (Å²) in [5.74, 6) is 0. The van der Waals surface area contributed by atoms with Crippen LogP contribution in [0, 0.1) is 6.92 Å². The second kappa shape index (κ2) is 6.16. The van der Waals surface area contributed by atoms with Crippen molar-refractivity contribution in [3.8, 4) is 0 Å². The third-order valence-electron chi connectivity index (χ3n) is 3.79. The Kier molecular flexibility index (Phi) is 4.37. The normalized spacial score (nSPS) is 25.6. The van der Waals surface area contributed by atoms with E-state index in [9.17, 15) is 12.6 Å². The average molecular weight is 351 g/mol. The van der Waals surface area contributed by atoms with E-state index >= 15 is 0 Å². The Bertz CT molecular complexity index is 819. The van der Waals surface area contributed by atoms with Crippen LogP contribution in [0.5, 0.6) is 0 Å². The van der Waals surface area contributed by atoms with E-state index in [1.807, 2.05) is 37.3 Å². The summed E-state index contributed by atoms with van der Waals surface area (Å²) in [5, 5.41) is 0. The molecule has 1 heterocycles. The maximum absolute atomic E-state index is 12.8. The Labute approximate surface area is 138 Å². The lowest BCUT2D eigenvalue weighted by molar-refractivity contribution is 0.226. The van der Waals surface area contributed by atoms with Gasteiger partial charge in [-0.1, -0.05) is 51.7 Å². The third-order valence-corrected chi connectivity index (χ3v) is 7.41. The van der Waals surface area contributed by atoms with Crippen LogP contribution in [0.25, 0.3) is 0 Å². The quantitative estimate of drug-likeness (QED) is 0.853. The predicted molar refractivity (Wildman–Crippen MR) is 88.1 cm³/mol. The minimum atomic E-state index is -3.89. The molecular formula is C16H17NO4S2. The molecule has 23 heavy (non-hydrogen) atoms. The van der Waals surface area contributed by atoms with E-state index in [0.717, 1.165) is 14.8 Å². The number of rotatable bonds is 3. The monoisotopic (exact) mass is 351 g/mol. The van der Waals surface area contributed by atoms with Gasteiger partial charge < -0.3 is 0 Å². The molecule has 0 amide bonds. The zero-order valence-electron chi connectivity index (χ0n) is 12.7. The predicted octanol–water partition coefficient (Wildman–Crippen LogP) is 2.72. The molecule has 0 radical (unpaired) electrons. The zero-order valence-corrected chi connectivity index (χ0v) is 14.4. The molecule has 3 rings (SSSR count). The Morgan fingerprint density at radius 2 is 1.65 bits per heavy atom. The summed E-state index contributed by atoms with van der Waals surface area (Å²) in [6.07, 6.45) is -0.558. The van der Waals surface area contributed by atoms with Crippen LogP contribution in [-0.4, -0.2) is 22.4 Å². The summed E-state index contributed by atoms with van der Waals surface area (Å²) < 4.78 is 44.2. The number of hydrogen-bond acceptors (Lipinski definition) is 4. The largest absolute Gasteiger partial charge is 0.267 e. The number of hydrogen-bond donors (Lipinski definition) is 0. The van der Waals surface area contributed by atoms with Crippen LogP contribution < -0.4 is 0 Å². The van der Waals surface area contributed by atoms with Gasteiger partial charge in [0.25, 0.3) is 21.3 Å². The fourth-order valence-corrected chi connectivity index (χ4v) is 5.70. The summed E-state index contributed by atoms with van der Waals surface area (Å²) in [6.45, 7) is 3.58. The van der Waals surface area contributed by atoms with Gasteiger partial charge in [-0.25, -0.2) is 12.6 Å². The lowest BCUT2D eigenvalue weighted by Gasteiger charge is -2.19. The number of nitrogens with zero attached hydrogens (tertiary/aromatic N) is 1. The Morgan fingerprint density at radius 1 is 1.04 bits per heavy atom. The molecule has 3 atom stereocenters. The third kappa shape index (κ3) is 2.97. The summed E-state index contributed by atoms with van der Waals surface area (Å²) in [4.78, 5) is 0.112. The van der Waals surface area contributed by atoms with Crippen molar-refractivity contribution >= 4 is 21.3 Å². The highest BCUT2D eigenvalue weighted by atomic mass is 32.3. The molecule has 0 N–H and O–H groups in total. The van der Waals surface area contributed by atoms with Gasteiger partial charge in [-0.2, -0.15) is 0 Å². The molecule has 1 saturated heterocycles. The van der Waals surface area contributed by atoms with Crippen molar-refractivity contribution in [3.05, 3.63) is 65.7 Å². The molecule has 0 aromatic heterocycles. The maximum atomic E-state index is 12.8. The molecule has 7 heteroatoms. The van der Waals surface area contributed by atoms with E-state index in [0.29, 0.717) is 0 Å². The molecule has 2 aromatic carbocycles. The van der Waals surface area contributed by atoms with Crippen LogP contribution in [-0.2, 0) is 25.5 Å². The molecule has 0 bridgehead atoms. The summed E-state index contributed by atoms with van der Waals surface area (Å²) in [5.41, 5.74) is 1.76. The van der Waals surface area contributed by atoms with Gasteiger partial charge in [-0.05, 0) is 31.5 Å². The first-order valence-corrected chi connectivity index (χ1v) is 9.63. The van der Waals surface area contributed by atoms with Crippen molar-refractivity contribution in [1.29, 1.82) is 0 Å². The van der Waals surface area contributed by atoms with Gasteiger partial charge in [0, 0.05) is 0 Å². The molecule has 0 unspecified atom stereocenters. The van der Waals surface area contributed by atoms with Crippen molar-refractivity contribution in [3.63, 3.8) is 0 Å². The van der Waals surface area contributed by atoms with Crippen LogP contribution in [0.3, 0.4) is 0 Å². The first-order chi connectivity index (χ1) is 10.9. The fourth-order valence-electron chi connectivity index (χ4n) is 2.55. The molecule has 1 aliphatic heterocycles. The maximum Gasteiger partial charge on any atom is 0.256 e. The molecule has 0 aliphatic carbocycles. The highest BCUT2D eigenvalue weighted by Gasteiger charge is 2.46. The van der Waals surface area contributed by atoms with Crippen molar-refractivity contribution in [2.45, 2.75) is 30.9 Å². The Morgan fingerprint density at radius 3 is 2.26 bits per heavy atom. The fraction of sp³-hybridized carbons (Fsp3) is 0.250. The van der Waals surface area contributed by atoms with Crippen molar-refractivity contribution in [2.75, 3.05) is 0 Å². The summed E-state index contributed by atoms with van der Waals surface area (Å²) in [7, 11) is -3.89. The van der Waals surface area contributed by atoms with Gasteiger partial charge in [0.2, 0.25) is 0 Å². The molecule has 1 fully saturated rings. The SMILES string of the molecule is Cc1ccc(S(=O)(=O)N2[C@@H](C)[C@@H](c3ccccc3)O[S@@]2=O)cc1. The standard InChI is InChI=1S/C16H17NO4S2/c1-12-8-10-15(11-9-12)23(19,20)17-13(2)16(21-22(17)18)14-6-4-3-5-7-14/h3-11,13,16H,1-2H3/t13-,16-,22-/m0/s1. The van der Waals surface area contributed by atoms with E-state index in [1.165, 1.54) is 12.1 Å².